The summed E-state index contributed by atoms with van der Waals surface area (Å²) in [6.45, 7) is 4.65. The van der Waals surface area contributed by atoms with Crippen molar-refractivity contribution < 1.29 is 9.18 Å². The zero-order chi connectivity index (χ0) is 15.7. The maximum absolute atomic E-state index is 13.0. The Balaban J connectivity index is 1.89. The number of para-hydroxylation sites is 1. The Bertz CT molecular complexity index is 691. The highest BCUT2D eigenvalue weighted by Gasteiger charge is 2.33. The van der Waals surface area contributed by atoms with Gasteiger partial charge in [0, 0.05) is 16.8 Å². The van der Waals surface area contributed by atoms with E-state index in [2.05, 4.69) is 30.9 Å². The van der Waals surface area contributed by atoms with Crippen molar-refractivity contribution in [3.8, 4) is 0 Å². The average molecular weight is 297 g/mol. The molecule has 0 saturated carbocycles. The molecule has 2 nitrogen and oxygen atoms in total. The number of Topliss-reactive ketones (excluding diaryl/α,β-unsaturated/α-hetero) is 1. The van der Waals surface area contributed by atoms with E-state index in [1.54, 1.807) is 12.1 Å². The largest absolute Gasteiger partial charge is 0.358 e. The minimum absolute atomic E-state index is 0.0183. The fraction of sp³-hybridized carbons (Fsp3) is 0.316. The summed E-state index contributed by atoms with van der Waals surface area (Å²) >= 11 is 0. The molecule has 0 fully saturated rings. The number of carbonyl (C=O) groups excluding carboxylic acids is 1. The molecule has 0 amide bonds. The summed E-state index contributed by atoms with van der Waals surface area (Å²) in [6.07, 6.45) is 2.05. The van der Waals surface area contributed by atoms with Gasteiger partial charge in [0.2, 0.25) is 0 Å². The first-order chi connectivity index (χ1) is 10.5. The molecule has 1 aliphatic rings. The first-order valence-electron chi connectivity index (χ1n) is 7.62. The zero-order valence-electron chi connectivity index (χ0n) is 13.0. The Hall–Kier alpha value is -2.16. The van der Waals surface area contributed by atoms with Gasteiger partial charge >= 0.3 is 0 Å². The molecule has 2 aromatic carbocycles. The molecule has 0 aliphatic carbocycles. The van der Waals surface area contributed by atoms with Crippen molar-refractivity contribution in [1.82, 2.24) is 0 Å². The van der Waals surface area contributed by atoms with Crippen molar-refractivity contribution in [3.63, 3.8) is 0 Å². The molecule has 3 heteroatoms. The number of rotatable bonds is 3. The van der Waals surface area contributed by atoms with E-state index >= 15 is 0 Å². The molecule has 0 spiro atoms. The Morgan fingerprint density at radius 3 is 2.55 bits per heavy atom. The summed E-state index contributed by atoms with van der Waals surface area (Å²) in [5, 5.41) is 0. The summed E-state index contributed by atoms with van der Waals surface area (Å²) < 4.78 is 13.0. The lowest BCUT2D eigenvalue weighted by Crippen LogP contribution is -2.49. The SMILES string of the molecule is CC1(C)CCc2ccccc2N1CC(=O)c1ccc(F)cc1. The van der Waals surface area contributed by atoms with Gasteiger partial charge in [-0.15, -0.1) is 0 Å². The predicted molar refractivity (Wildman–Crippen MR) is 86.9 cm³/mol. The van der Waals surface area contributed by atoms with Crippen LogP contribution in [-0.4, -0.2) is 17.9 Å². The molecule has 1 heterocycles. The third-order valence-corrected chi connectivity index (χ3v) is 4.49. The summed E-state index contributed by atoms with van der Waals surface area (Å²) in [5.41, 5.74) is 2.91. The van der Waals surface area contributed by atoms with Crippen LogP contribution in [0.2, 0.25) is 0 Å². The molecule has 0 saturated heterocycles. The lowest BCUT2D eigenvalue weighted by atomic mass is 9.86. The molecule has 0 N–H and O–H groups in total. The van der Waals surface area contributed by atoms with E-state index in [1.165, 1.54) is 17.7 Å². The van der Waals surface area contributed by atoms with Gasteiger partial charge in [-0.2, -0.15) is 0 Å². The van der Waals surface area contributed by atoms with Crippen LogP contribution < -0.4 is 4.90 Å². The van der Waals surface area contributed by atoms with Crippen molar-refractivity contribution in [1.29, 1.82) is 0 Å². The Morgan fingerprint density at radius 1 is 1.14 bits per heavy atom. The molecule has 0 radical (unpaired) electrons. The number of hydrogen-bond acceptors (Lipinski definition) is 2. The second kappa shape index (κ2) is 5.56. The van der Waals surface area contributed by atoms with Crippen molar-refractivity contribution >= 4 is 11.5 Å². The molecule has 3 rings (SSSR count). The van der Waals surface area contributed by atoms with Gasteiger partial charge < -0.3 is 4.90 Å². The van der Waals surface area contributed by atoms with Crippen LogP contribution in [0.25, 0.3) is 0 Å². The number of nitrogens with zero attached hydrogens (tertiary/aromatic N) is 1. The van der Waals surface area contributed by atoms with E-state index < -0.39 is 0 Å². The quantitative estimate of drug-likeness (QED) is 0.790. The van der Waals surface area contributed by atoms with Gasteiger partial charge in [0.05, 0.1) is 6.54 Å². The van der Waals surface area contributed by atoms with Crippen LogP contribution in [0.15, 0.2) is 48.5 Å². The van der Waals surface area contributed by atoms with E-state index in [4.69, 9.17) is 0 Å². The fourth-order valence-electron chi connectivity index (χ4n) is 3.06. The molecule has 0 aromatic heterocycles. The van der Waals surface area contributed by atoms with Crippen molar-refractivity contribution in [3.05, 3.63) is 65.5 Å². The first-order valence-corrected chi connectivity index (χ1v) is 7.62. The molecule has 0 unspecified atom stereocenters. The maximum Gasteiger partial charge on any atom is 0.182 e. The summed E-state index contributed by atoms with van der Waals surface area (Å²) in [7, 11) is 0. The monoisotopic (exact) mass is 297 g/mol. The van der Waals surface area contributed by atoms with Gasteiger partial charge in [-0.05, 0) is 62.6 Å². The number of ketones is 1. The number of benzene rings is 2. The minimum atomic E-state index is -0.319. The van der Waals surface area contributed by atoms with Gasteiger partial charge in [-0.3, -0.25) is 4.79 Å². The predicted octanol–water partition coefficient (Wildman–Crippen LogP) is 4.24. The normalized spacial score (nSPS) is 16.2. The molecular formula is C19H20FNO. The summed E-state index contributed by atoms with van der Waals surface area (Å²) in [5.74, 6) is -0.301. The Kier molecular flexibility index (Phi) is 3.73. The highest BCUT2D eigenvalue weighted by Crippen LogP contribution is 2.36. The van der Waals surface area contributed by atoms with Crippen LogP contribution in [0, 0.1) is 5.82 Å². The highest BCUT2D eigenvalue weighted by molar-refractivity contribution is 5.99. The van der Waals surface area contributed by atoms with Gasteiger partial charge in [0.25, 0.3) is 0 Å². The lowest BCUT2D eigenvalue weighted by Gasteiger charge is -2.44. The van der Waals surface area contributed by atoms with E-state index in [0.717, 1.165) is 18.5 Å². The topological polar surface area (TPSA) is 20.3 Å². The molecule has 114 valence electrons. The number of anilines is 1. The van der Waals surface area contributed by atoms with E-state index in [0.29, 0.717) is 12.1 Å². The molecule has 22 heavy (non-hydrogen) atoms. The van der Waals surface area contributed by atoms with Crippen LogP contribution in [0.1, 0.15) is 36.2 Å². The zero-order valence-corrected chi connectivity index (χ0v) is 13.0. The van der Waals surface area contributed by atoms with Gasteiger partial charge in [-0.1, -0.05) is 18.2 Å². The number of fused-ring (bicyclic) bond motifs is 1. The number of aryl methyl sites for hydroxylation is 1. The van der Waals surface area contributed by atoms with Crippen LogP contribution in [0.3, 0.4) is 0 Å². The van der Waals surface area contributed by atoms with Crippen molar-refractivity contribution in [2.75, 3.05) is 11.4 Å². The lowest BCUT2D eigenvalue weighted by molar-refractivity contribution is 0.0991. The maximum atomic E-state index is 13.0. The number of halogens is 1. The van der Waals surface area contributed by atoms with Crippen LogP contribution in [0.4, 0.5) is 10.1 Å². The van der Waals surface area contributed by atoms with Crippen LogP contribution >= 0.6 is 0 Å². The van der Waals surface area contributed by atoms with Crippen LogP contribution in [-0.2, 0) is 6.42 Å². The van der Waals surface area contributed by atoms with E-state index in [1.807, 2.05) is 12.1 Å². The number of carbonyl (C=O) groups is 1. The van der Waals surface area contributed by atoms with E-state index in [9.17, 15) is 9.18 Å². The van der Waals surface area contributed by atoms with Gasteiger partial charge in [0.1, 0.15) is 5.82 Å². The minimum Gasteiger partial charge on any atom is -0.358 e. The highest BCUT2D eigenvalue weighted by atomic mass is 19.1. The Morgan fingerprint density at radius 2 is 1.82 bits per heavy atom. The average Bonchev–Trinajstić information content (AvgIpc) is 2.51. The molecule has 0 atom stereocenters. The summed E-state index contributed by atoms with van der Waals surface area (Å²) in [6, 6.07) is 14.0. The van der Waals surface area contributed by atoms with Crippen LogP contribution in [0.5, 0.6) is 0 Å². The fourth-order valence-corrected chi connectivity index (χ4v) is 3.06. The molecular weight excluding hydrogens is 277 g/mol. The summed E-state index contributed by atoms with van der Waals surface area (Å²) in [4.78, 5) is 14.7. The van der Waals surface area contributed by atoms with Gasteiger partial charge in [0.15, 0.2) is 5.78 Å². The third-order valence-electron chi connectivity index (χ3n) is 4.49. The van der Waals surface area contributed by atoms with Crippen molar-refractivity contribution in [2.24, 2.45) is 0 Å². The van der Waals surface area contributed by atoms with E-state index in [-0.39, 0.29) is 17.1 Å². The Labute approximate surface area is 130 Å². The molecule has 0 bridgehead atoms. The third kappa shape index (κ3) is 2.76. The molecule has 2 aromatic rings. The number of hydrogen-bond donors (Lipinski definition) is 0. The van der Waals surface area contributed by atoms with Gasteiger partial charge in [-0.25, -0.2) is 4.39 Å². The second-order valence-electron chi connectivity index (χ2n) is 6.46. The molecule has 1 aliphatic heterocycles. The van der Waals surface area contributed by atoms with Crippen molar-refractivity contribution in [2.45, 2.75) is 32.2 Å². The first kappa shape index (κ1) is 14.8. The standard InChI is InChI=1S/C19H20FNO/c1-19(2)12-11-14-5-3-4-6-17(14)21(19)13-18(22)15-7-9-16(20)10-8-15/h3-10H,11-13H2,1-2H3. The smallest absolute Gasteiger partial charge is 0.182 e. The second-order valence-corrected chi connectivity index (χ2v) is 6.46.